The zero-order valence-corrected chi connectivity index (χ0v) is 13.1. The van der Waals surface area contributed by atoms with Gasteiger partial charge in [-0.25, -0.2) is 4.79 Å². The molecule has 0 saturated heterocycles. The summed E-state index contributed by atoms with van der Waals surface area (Å²) in [5.74, 6) is -0.309. The van der Waals surface area contributed by atoms with Crippen molar-refractivity contribution in [1.29, 1.82) is 0 Å². The monoisotopic (exact) mass is 315 g/mol. The Kier molecular flexibility index (Phi) is 4.24. The van der Waals surface area contributed by atoms with Crippen LogP contribution in [0, 0.1) is 5.92 Å². The number of thiophene rings is 1. The van der Waals surface area contributed by atoms with E-state index in [4.69, 9.17) is 4.74 Å². The van der Waals surface area contributed by atoms with Gasteiger partial charge in [0.05, 0.1) is 12.2 Å². The van der Waals surface area contributed by atoms with Gasteiger partial charge in [0.15, 0.2) is 0 Å². The van der Waals surface area contributed by atoms with Crippen LogP contribution in [-0.2, 0) is 9.53 Å². The van der Waals surface area contributed by atoms with Crippen LogP contribution >= 0.6 is 11.3 Å². The van der Waals surface area contributed by atoms with E-state index in [1.165, 1.54) is 11.3 Å². The average Bonchev–Trinajstić information content (AvgIpc) is 3.30. The van der Waals surface area contributed by atoms with Crippen molar-refractivity contribution in [1.82, 2.24) is 0 Å². The number of carbonyl (C=O) groups is 2. The third-order valence-electron chi connectivity index (χ3n) is 3.47. The Bertz CT molecular complexity index is 689. The van der Waals surface area contributed by atoms with E-state index in [1.54, 1.807) is 13.0 Å². The van der Waals surface area contributed by atoms with Gasteiger partial charge in [0, 0.05) is 10.8 Å². The molecule has 1 N–H and O–H groups in total. The maximum absolute atomic E-state index is 12.1. The van der Waals surface area contributed by atoms with E-state index in [-0.39, 0.29) is 11.8 Å². The smallest absolute Gasteiger partial charge is 0.341 e. The second-order valence-corrected chi connectivity index (χ2v) is 6.26. The summed E-state index contributed by atoms with van der Waals surface area (Å²) in [5.41, 5.74) is 1.45. The molecule has 0 aliphatic heterocycles. The average molecular weight is 315 g/mol. The normalized spacial score (nSPS) is 13.7. The van der Waals surface area contributed by atoms with Crippen LogP contribution in [0.2, 0.25) is 0 Å². The molecule has 2 aromatic rings. The molecule has 0 radical (unpaired) electrons. The molecule has 22 heavy (non-hydrogen) atoms. The number of nitrogens with one attached hydrogen (secondary N) is 1. The molecule has 0 bridgehead atoms. The van der Waals surface area contributed by atoms with Gasteiger partial charge in [0.25, 0.3) is 0 Å². The molecular formula is C17H17NO3S. The molecule has 1 fully saturated rings. The van der Waals surface area contributed by atoms with Crippen LogP contribution < -0.4 is 5.32 Å². The number of amides is 1. The number of hydrogen-bond donors (Lipinski definition) is 1. The summed E-state index contributed by atoms with van der Waals surface area (Å²) in [5, 5.41) is 3.46. The molecule has 1 aliphatic rings. The largest absolute Gasteiger partial charge is 0.462 e. The van der Waals surface area contributed by atoms with E-state index >= 15 is 0 Å². The van der Waals surface area contributed by atoms with Crippen LogP contribution in [0.5, 0.6) is 0 Å². The van der Waals surface area contributed by atoms with E-state index in [2.05, 4.69) is 5.32 Å². The highest BCUT2D eigenvalue weighted by atomic mass is 32.1. The predicted molar refractivity (Wildman–Crippen MR) is 87.1 cm³/mol. The van der Waals surface area contributed by atoms with Crippen molar-refractivity contribution in [3.05, 3.63) is 42.0 Å². The van der Waals surface area contributed by atoms with E-state index in [1.807, 2.05) is 30.3 Å². The van der Waals surface area contributed by atoms with Gasteiger partial charge in [0.2, 0.25) is 5.91 Å². The van der Waals surface area contributed by atoms with Gasteiger partial charge < -0.3 is 10.1 Å². The molecule has 0 unspecified atom stereocenters. The van der Waals surface area contributed by atoms with E-state index in [0.29, 0.717) is 17.2 Å². The molecule has 3 rings (SSSR count). The standard InChI is InChI=1S/C17H17NO3S/c1-2-21-17(20)13-10-14(11-6-4-3-5-7-11)22-16(13)18-15(19)12-8-9-12/h3-7,10,12H,2,8-9H2,1H3,(H,18,19). The van der Waals surface area contributed by atoms with Crippen LogP contribution in [0.4, 0.5) is 5.00 Å². The summed E-state index contributed by atoms with van der Waals surface area (Å²) in [6, 6.07) is 11.6. The van der Waals surface area contributed by atoms with E-state index < -0.39 is 5.97 Å². The molecular weight excluding hydrogens is 298 g/mol. The third kappa shape index (κ3) is 3.20. The van der Waals surface area contributed by atoms with E-state index in [0.717, 1.165) is 23.3 Å². The molecule has 4 nitrogen and oxygen atoms in total. The topological polar surface area (TPSA) is 55.4 Å². The van der Waals surface area contributed by atoms with Crippen molar-refractivity contribution in [2.75, 3.05) is 11.9 Å². The molecule has 1 heterocycles. The number of rotatable bonds is 5. The van der Waals surface area contributed by atoms with Crippen molar-refractivity contribution in [3.8, 4) is 10.4 Å². The molecule has 114 valence electrons. The Balaban J connectivity index is 1.92. The summed E-state index contributed by atoms with van der Waals surface area (Å²) < 4.78 is 5.09. The lowest BCUT2D eigenvalue weighted by molar-refractivity contribution is -0.117. The van der Waals surface area contributed by atoms with Crippen LogP contribution in [0.3, 0.4) is 0 Å². The number of carbonyl (C=O) groups excluding carboxylic acids is 2. The van der Waals surface area contributed by atoms with Crippen molar-refractivity contribution in [2.24, 2.45) is 5.92 Å². The van der Waals surface area contributed by atoms with Crippen molar-refractivity contribution in [2.45, 2.75) is 19.8 Å². The number of ether oxygens (including phenoxy) is 1. The minimum absolute atomic E-state index is 0.00740. The van der Waals surface area contributed by atoms with Crippen LogP contribution in [0.25, 0.3) is 10.4 Å². The summed E-state index contributed by atoms with van der Waals surface area (Å²) >= 11 is 1.41. The van der Waals surface area contributed by atoms with Gasteiger partial charge >= 0.3 is 5.97 Å². The Morgan fingerprint density at radius 2 is 2.00 bits per heavy atom. The fourth-order valence-corrected chi connectivity index (χ4v) is 3.20. The van der Waals surface area contributed by atoms with Gasteiger partial charge in [0.1, 0.15) is 5.00 Å². The molecule has 1 aliphatic carbocycles. The molecule has 0 atom stereocenters. The Morgan fingerprint density at radius 1 is 1.27 bits per heavy atom. The van der Waals surface area contributed by atoms with Gasteiger partial charge in [-0.3, -0.25) is 4.79 Å². The number of anilines is 1. The lowest BCUT2D eigenvalue weighted by Gasteiger charge is -2.04. The minimum atomic E-state index is -0.396. The highest BCUT2D eigenvalue weighted by Crippen LogP contribution is 2.37. The summed E-state index contributed by atoms with van der Waals surface area (Å²) in [6.07, 6.45) is 1.86. The molecule has 5 heteroatoms. The highest BCUT2D eigenvalue weighted by molar-refractivity contribution is 7.20. The first-order valence-electron chi connectivity index (χ1n) is 7.36. The van der Waals surface area contributed by atoms with Crippen LogP contribution in [0.1, 0.15) is 30.1 Å². The van der Waals surface area contributed by atoms with Gasteiger partial charge in [-0.05, 0) is 31.4 Å². The van der Waals surface area contributed by atoms with Gasteiger partial charge in [-0.1, -0.05) is 30.3 Å². The fourth-order valence-electron chi connectivity index (χ4n) is 2.15. The van der Waals surface area contributed by atoms with Crippen molar-refractivity contribution >= 4 is 28.2 Å². The lowest BCUT2D eigenvalue weighted by Crippen LogP contribution is -2.15. The number of esters is 1. The highest BCUT2D eigenvalue weighted by Gasteiger charge is 2.31. The first kappa shape index (κ1) is 14.8. The second kappa shape index (κ2) is 6.32. The van der Waals surface area contributed by atoms with E-state index in [9.17, 15) is 9.59 Å². The van der Waals surface area contributed by atoms with Crippen LogP contribution in [0.15, 0.2) is 36.4 Å². The predicted octanol–water partition coefficient (Wildman–Crippen LogP) is 3.94. The zero-order chi connectivity index (χ0) is 15.5. The maximum Gasteiger partial charge on any atom is 0.341 e. The molecule has 1 amide bonds. The Morgan fingerprint density at radius 3 is 2.64 bits per heavy atom. The van der Waals surface area contributed by atoms with Crippen molar-refractivity contribution < 1.29 is 14.3 Å². The molecule has 1 aromatic heterocycles. The summed E-state index contributed by atoms with van der Waals surface area (Å²) in [6.45, 7) is 2.08. The number of benzene rings is 1. The van der Waals surface area contributed by atoms with Crippen molar-refractivity contribution in [3.63, 3.8) is 0 Å². The number of hydrogen-bond acceptors (Lipinski definition) is 4. The summed E-state index contributed by atoms with van der Waals surface area (Å²) in [7, 11) is 0. The second-order valence-electron chi connectivity index (χ2n) is 5.20. The maximum atomic E-state index is 12.1. The molecule has 0 spiro atoms. The quantitative estimate of drug-likeness (QED) is 0.850. The van der Waals surface area contributed by atoms with Gasteiger partial charge in [-0.2, -0.15) is 0 Å². The van der Waals surface area contributed by atoms with Crippen LogP contribution in [-0.4, -0.2) is 18.5 Å². The molecule has 1 aromatic carbocycles. The first-order valence-corrected chi connectivity index (χ1v) is 8.18. The molecule has 1 saturated carbocycles. The first-order chi connectivity index (χ1) is 10.7. The minimum Gasteiger partial charge on any atom is -0.462 e. The zero-order valence-electron chi connectivity index (χ0n) is 12.3. The third-order valence-corrected chi connectivity index (χ3v) is 4.57. The fraction of sp³-hybridized carbons (Fsp3) is 0.294. The summed E-state index contributed by atoms with van der Waals surface area (Å²) in [4.78, 5) is 25.0. The Hall–Kier alpha value is -2.14. The SMILES string of the molecule is CCOC(=O)c1cc(-c2ccccc2)sc1NC(=O)C1CC1. The van der Waals surface area contributed by atoms with Gasteiger partial charge in [-0.15, -0.1) is 11.3 Å². The Labute approximate surface area is 133 Å². The lowest BCUT2D eigenvalue weighted by atomic mass is 10.1.